The number of allylic oxidation sites excluding steroid dienone is 1. The molecule has 2 nitrogen and oxygen atoms in total. The molecular formula is C18H17FO2. The summed E-state index contributed by atoms with van der Waals surface area (Å²) < 4.78 is 17.9. The van der Waals surface area contributed by atoms with E-state index < -0.39 is 0 Å². The molecule has 0 bridgehead atoms. The van der Waals surface area contributed by atoms with Crippen molar-refractivity contribution in [3.05, 3.63) is 66.0 Å². The highest BCUT2D eigenvalue weighted by molar-refractivity contribution is 5.91. The fourth-order valence-corrected chi connectivity index (χ4v) is 2.14. The molecule has 0 atom stereocenters. The van der Waals surface area contributed by atoms with Gasteiger partial charge < -0.3 is 4.74 Å². The van der Waals surface area contributed by atoms with Crippen LogP contribution in [0.2, 0.25) is 0 Å². The number of hydrogen-bond donors (Lipinski definition) is 0. The molecule has 3 heteroatoms. The summed E-state index contributed by atoms with van der Waals surface area (Å²) in [5, 5.41) is 0. The smallest absolute Gasteiger partial charge is 0.330 e. The minimum Gasteiger partial charge on any atom is -0.466 e. The van der Waals surface area contributed by atoms with Crippen LogP contribution < -0.4 is 0 Å². The van der Waals surface area contributed by atoms with E-state index in [1.54, 1.807) is 6.07 Å². The average molecular weight is 284 g/mol. The van der Waals surface area contributed by atoms with E-state index in [-0.39, 0.29) is 11.8 Å². The Morgan fingerprint density at radius 1 is 1.14 bits per heavy atom. The van der Waals surface area contributed by atoms with Crippen molar-refractivity contribution < 1.29 is 13.9 Å². The van der Waals surface area contributed by atoms with Gasteiger partial charge in [-0.1, -0.05) is 43.3 Å². The third-order valence-corrected chi connectivity index (χ3v) is 3.29. The van der Waals surface area contributed by atoms with E-state index in [1.165, 1.54) is 25.3 Å². The van der Waals surface area contributed by atoms with Gasteiger partial charge in [-0.2, -0.15) is 0 Å². The van der Waals surface area contributed by atoms with Crippen LogP contribution in [0.15, 0.2) is 54.6 Å². The summed E-state index contributed by atoms with van der Waals surface area (Å²) in [7, 11) is 1.36. The van der Waals surface area contributed by atoms with Gasteiger partial charge in [0.25, 0.3) is 0 Å². The SMILES string of the molecule is CC/C(=C\C(=O)OC)c1ccc(-c2cccc(F)c2)cc1. The second kappa shape index (κ2) is 6.84. The lowest BCUT2D eigenvalue weighted by Crippen LogP contribution is -1.96. The average Bonchev–Trinajstić information content (AvgIpc) is 2.52. The fourth-order valence-electron chi connectivity index (χ4n) is 2.14. The highest BCUT2D eigenvalue weighted by Gasteiger charge is 2.05. The molecule has 0 unspecified atom stereocenters. The lowest BCUT2D eigenvalue weighted by molar-refractivity contribution is -0.134. The fraction of sp³-hybridized carbons (Fsp3) is 0.167. The first-order valence-electron chi connectivity index (χ1n) is 6.79. The van der Waals surface area contributed by atoms with Gasteiger partial charge in [0.1, 0.15) is 5.82 Å². The summed E-state index contributed by atoms with van der Waals surface area (Å²) in [5.41, 5.74) is 3.64. The first-order chi connectivity index (χ1) is 10.1. The summed E-state index contributed by atoms with van der Waals surface area (Å²) in [5.74, 6) is -0.613. The van der Waals surface area contributed by atoms with Gasteiger partial charge in [0.2, 0.25) is 0 Å². The van der Waals surface area contributed by atoms with Gasteiger partial charge in [0, 0.05) is 6.08 Å². The van der Waals surface area contributed by atoms with Gasteiger partial charge in [0.15, 0.2) is 0 Å². The van der Waals surface area contributed by atoms with Crippen LogP contribution in [0.5, 0.6) is 0 Å². The molecule has 0 amide bonds. The summed E-state index contributed by atoms with van der Waals surface area (Å²) >= 11 is 0. The number of halogens is 1. The van der Waals surface area contributed by atoms with Crippen molar-refractivity contribution in [3.8, 4) is 11.1 Å². The van der Waals surface area contributed by atoms with Crippen molar-refractivity contribution in [1.29, 1.82) is 0 Å². The summed E-state index contributed by atoms with van der Waals surface area (Å²) in [6, 6.07) is 14.2. The molecule has 0 aromatic heterocycles. The van der Waals surface area contributed by atoms with Crippen molar-refractivity contribution in [1.82, 2.24) is 0 Å². The molecule has 0 radical (unpaired) electrons. The maximum Gasteiger partial charge on any atom is 0.330 e. The highest BCUT2D eigenvalue weighted by Crippen LogP contribution is 2.24. The zero-order valence-electron chi connectivity index (χ0n) is 12.1. The molecule has 0 aliphatic heterocycles. The maximum absolute atomic E-state index is 13.2. The van der Waals surface area contributed by atoms with E-state index in [2.05, 4.69) is 4.74 Å². The number of benzene rings is 2. The number of carbonyl (C=O) groups excluding carboxylic acids is 1. The van der Waals surface area contributed by atoms with Crippen molar-refractivity contribution in [2.75, 3.05) is 7.11 Å². The van der Waals surface area contributed by atoms with Crippen LogP contribution >= 0.6 is 0 Å². The van der Waals surface area contributed by atoms with Crippen LogP contribution in [-0.2, 0) is 9.53 Å². The van der Waals surface area contributed by atoms with Gasteiger partial charge in [-0.3, -0.25) is 0 Å². The number of ether oxygens (including phenoxy) is 1. The Labute approximate surface area is 123 Å². The van der Waals surface area contributed by atoms with Crippen molar-refractivity contribution >= 4 is 11.5 Å². The standard InChI is InChI=1S/C18H17FO2/c1-3-13(12-18(20)21-2)14-7-9-15(10-8-14)16-5-4-6-17(19)11-16/h4-12H,3H2,1-2H3/b13-12+. The molecule has 0 fully saturated rings. The second-order valence-corrected chi connectivity index (χ2v) is 4.63. The van der Waals surface area contributed by atoms with Gasteiger partial charge in [-0.15, -0.1) is 0 Å². The van der Waals surface area contributed by atoms with E-state index in [9.17, 15) is 9.18 Å². The zero-order valence-corrected chi connectivity index (χ0v) is 12.1. The van der Waals surface area contributed by atoms with Crippen LogP contribution in [0.1, 0.15) is 18.9 Å². The molecule has 0 saturated carbocycles. The molecule has 2 aromatic rings. The second-order valence-electron chi connectivity index (χ2n) is 4.63. The molecule has 21 heavy (non-hydrogen) atoms. The van der Waals surface area contributed by atoms with Gasteiger partial charge >= 0.3 is 5.97 Å². The first-order valence-corrected chi connectivity index (χ1v) is 6.79. The summed E-state index contributed by atoms with van der Waals surface area (Å²) in [6.45, 7) is 1.98. The Morgan fingerprint density at radius 3 is 2.43 bits per heavy atom. The molecule has 108 valence electrons. The number of carbonyl (C=O) groups is 1. The first kappa shape index (κ1) is 15.0. The molecule has 0 saturated heterocycles. The Morgan fingerprint density at radius 2 is 1.86 bits per heavy atom. The van der Waals surface area contributed by atoms with Crippen molar-refractivity contribution in [2.45, 2.75) is 13.3 Å². The van der Waals surface area contributed by atoms with E-state index >= 15 is 0 Å². The molecule has 0 heterocycles. The zero-order chi connectivity index (χ0) is 15.2. The molecule has 2 aromatic carbocycles. The molecular weight excluding hydrogens is 267 g/mol. The Bertz CT molecular complexity index is 657. The number of methoxy groups -OCH3 is 1. The Balaban J connectivity index is 2.30. The predicted octanol–water partition coefficient (Wildman–Crippen LogP) is 4.46. The lowest BCUT2D eigenvalue weighted by atomic mass is 9.99. The normalized spacial score (nSPS) is 11.3. The summed E-state index contributed by atoms with van der Waals surface area (Å²) in [6.07, 6.45) is 2.23. The van der Waals surface area contributed by atoms with Crippen LogP contribution in [0.3, 0.4) is 0 Å². The van der Waals surface area contributed by atoms with Gasteiger partial charge in [-0.25, -0.2) is 9.18 Å². The van der Waals surface area contributed by atoms with Crippen LogP contribution in [0, 0.1) is 5.82 Å². The van der Waals surface area contributed by atoms with Gasteiger partial charge in [0.05, 0.1) is 7.11 Å². The Kier molecular flexibility index (Phi) is 4.88. The molecule has 0 aliphatic carbocycles. The lowest BCUT2D eigenvalue weighted by Gasteiger charge is -2.07. The number of esters is 1. The summed E-state index contributed by atoms with van der Waals surface area (Å²) in [4.78, 5) is 11.3. The highest BCUT2D eigenvalue weighted by atomic mass is 19.1. The van der Waals surface area contributed by atoms with Crippen LogP contribution in [0.4, 0.5) is 4.39 Å². The van der Waals surface area contributed by atoms with E-state index in [4.69, 9.17) is 0 Å². The molecule has 0 spiro atoms. The Hall–Kier alpha value is -2.42. The monoisotopic (exact) mass is 284 g/mol. The number of rotatable bonds is 4. The largest absolute Gasteiger partial charge is 0.466 e. The topological polar surface area (TPSA) is 26.3 Å². The molecule has 2 rings (SSSR count). The minimum atomic E-state index is -0.360. The molecule has 0 N–H and O–H groups in total. The molecule has 0 aliphatic rings. The van der Waals surface area contributed by atoms with E-state index in [1.807, 2.05) is 37.3 Å². The van der Waals surface area contributed by atoms with Crippen LogP contribution in [0.25, 0.3) is 16.7 Å². The predicted molar refractivity (Wildman–Crippen MR) is 82.1 cm³/mol. The maximum atomic E-state index is 13.2. The third kappa shape index (κ3) is 3.78. The van der Waals surface area contributed by atoms with Crippen molar-refractivity contribution in [3.63, 3.8) is 0 Å². The van der Waals surface area contributed by atoms with Crippen molar-refractivity contribution in [2.24, 2.45) is 0 Å². The number of hydrogen-bond acceptors (Lipinski definition) is 2. The third-order valence-electron chi connectivity index (χ3n) is 3.29. The van der Waals surface area contributed by atoms with E-state index in [0.717, 1.165) is 28.7 Å². The quantitative estimate of drug-likeness (QED) is 0.612. The minimum absolute atomic E-state index is 0.253. The van der Waals surface area contributed by atoms with Gasteiger partial charge in [-0.05, 0) is 40.8 Å². The van der Waals surface area contributed by atoms with Crippen LogP contribution in [-0.4, -0.2) is 13.1 Å². The van der Waals surface area contributed by atoms with E-state index in [0.29, 0.717) is 0 Å².